The number of benzene rings is 2. The largest absolute Gasteiger partial charge is 0.497 e. The third-order valence-corrected chi connectivity index (χ3v) is 5.26. The van der Waals surface area contributed by atoms with E-state index in [1.807, 2.05) is 37.4 Å². The number of ether oxygens (including phenoxy) is 1. The predicted molar refractivity (Wildman–Crippen MR) is 95.3 cm³/mol. The Hall–Kier alpha value is -2.20. The summed E-state index contributed by atoms with van der Waals surface area (Å²) in [6.45, 7) is 2.06. The minimum atomic E-state index is 0.0348. The molecule has 23 heavy (non-hydrogen) atoms. The SMILES string of the molecule is COc1ccc(/C=C2\SC(c3ccc(C)cc3)N(C)C2=O)cc1. The molecule has 118 valence electrons. The minimum Gasteiger partial charge on any atom is -0.497 e. The number of aryl methyl sites for hydroxylation is 1. The molecule has 4 heteroatoms. The van der Waals surface area contributed by atoms with Crippen molar-refractivity contribution >= 4 is 23.7 Å². The Morgan fingerprint density at radius 1 is 1.09 bits per heavy atom. The Balaban J connectivity index is 1.85. The van der Waals surface area contributed by atoms with E-state index in [9.17, 15) is 4.79 Å². The van der Waals surface area contributed by atoms with E-state index in [2.05, 4.69) is 31.2 Å². The first-order valence-electron chi connectivity index (χ1n) is 7.44. The van der Waals surface area contributed by atoms with Gasteiger partial charge in [0.1, 0.15) is 11.1 Å². The fourth-order valence-electron chi connectivity index (χ4n) is 2.50. The van der Waals surface area contributed by atoms with E-state index in [0.717, 1.165) is 21.8 Å². The van der Waals surface area contributed by atoms with Crippen LogP contribution in [0.4, 0.5) is 0 Å². The van der Waals surface area contributed by atoms with Crippen LogP contribution >= 0.6 is 11.8 Å². The Bertz CT molecular complexity index is 735. The summed E-state index contributed by atoms with van der Waals surface area (Å²) in [5.74, 6) is 0.878. The highest BCUT2D eigenvalue weighted by Gasteiger charge is 2.34. The summed E-state index contributed by atoms with van der Waals surface area (Å²) in [6.07, 6.45) is 1.94. The lowest BCUT2D eigenvalue weighted by Crippen LogP contribution is -2.22. The molecule has 1 aliphatic heterocycles. The van der Waals surface area contributed by atoms with Gasteiger partial charge in [0.2, 0.25) is 0 Å². The highest BCUT2D eigenvalue weighted by molar-refractivity contribution is 8.04. The second kappa shape index (κ2) is 6.50. The van der Waals surface area contributed by atoms with Crippen LogP contribution in [0, 0.1) is 6.92 Å². The number of thioether (sulfide) groups is 1. The molecule has 1 heterocycles. The van der Waals surface area contributed by atoms with Gasteiger partial charge in [-0.3, -0.25) is 4.79 Å². The van der Waals surface area contributed by atoms with E-state index < -0.39 is 0 Å². The smallest absolute Gasteiger partial charge is 0.261 e. The van der Waals surface area contributed by atoms with Gasteiger partial charge in [-0.25, -0.2) is 0 Å². The van der Waals surface area contributed by atoms with E-state index >= 15 is 0 Å². The van der Waals surface area contributed by atoms with E-state index in [-0.39, 0.29) is 11.3 Å². The molecule has 1 unspecified atom stereocenters. The molecular formula is C19H19NO2S. The van der Waals surface area contributed by atoms with Gasteiger partial charge in [0, 0.05) is 7.05 Å². The number of amides is 1. The lowest BCUT2D eigenvalue weighted by molar-refractivity contribution is -0.124. The molecule has 2 aromatic carbocycles. The van der Waals surface area contributed by atoms with Crippen molar-refractivity contribution in [3.05, 3.63) is 70.1 Å². The van der Waals surface area contributed by atoms with Crippen LogP contribution in [0.5, 0.6) is 5.75 Å². The Morgan fingerprint density at radius 2 is 1.74 bits per heavy atom. The van der Waals surface area contributed by atoms with Crippen LogP contribution in [0.15, 0.2) is 53.4 Å². The predicted octanol–water partition coefficient (Wildman–Crippen LogP) is 4.25. The molecule has 0 aromatic heterocycles. The Kier molecular flexibility index (Phi) is 4.44. The standard InChI is InChI=1S/C19H19NO2S/c1-13-4-8-15(9-5-13)19-20(2)18(21)17(23-19)12-14-6-10-16(22-3)11-7-14/h4-12,19H,1-3H3/b17-12-. The van der Waals surface area contributed by atoms with Crippen LogP contribution in [0.1, 0.15) is 22.1 Å². The molecule has 2 aromatic rings. The summed E-state index contributed by atoms with van der Waals surface area (Å²) in [5, 5.41) is 0.0348. The van der Waals surface area contributed by atoms with Crippen LogP contribution in [-0.4, -0.2) is 25.0 Å². The zero-order valence-electron chi connectivity index (χ0n) is 13.4. The fraction of sp³-hybridized carbons (Fsp3) is 0.211. The molecule has 0 N–H and O–H groups in total. The summed E-state index contributed by atoms with van der Waals surface area (Å²) < 4.78 is 5.16. The van der Waals surface area contributed by atoms with E-state index in [1.165, 1.54) is 5.56 Å². The molecule has 0 bridgehead atoms. The third-order valence-electron chi connectivity index (χ3n) is 3.90. The van der Waals surface area contributed by atoms with Crippen LogP contribution in [0.2, 0.25) is 0 Å². The normalized spacial score (nSPS) is 19.4. The van der Waals surface area contributed by atoms with Gasteiger partial charge in [-0.1, -0.05) is 53.7 Å². The van der Waals surface area contributed by atoms with Gasteiger partial charge in [-0.15, -0.1) is 0 Å². The van der Waals surface area contributed by atoms with Crippen LogP contribution < -0.4 is 4.74 Å². The maximum absolute atomic E-state index is 12.5. The van der Waals surface area contributed by atoms with Crippen molar-refractivity contribution in [2.45, 2.75) is 12.3 Å². The Labute approximate surface area is 141 Å². The van der Waals surface area contributed by atoms with Crippen LogP contribution in [0.3, 0.4) is 0 Å². The van der Waals surface area contributed by atoms with Crippen molar-refractivity contribution in [1.82, 2.24) is 4.90 Å². The minimum absolute atomic E-state index is 0.0348. The quantitative estimate of drug-likeness (QED) is 0.790. The monoisotopic (exact) mass is 325 g/mol. The third kappa shape index (κ3) is 3.27. The first-order chi connectivity index (χ1) is 11.1. The highest BCUT2D eigenvalue weighted by Crippen LogP contribution is 2.45. The van der Waals surface area contributed by atoms with E-state index in [4.69, 9.17) is 4.74 Å². The molecule has 1 fully saturated rings. The fourth-order valence-corrected chi connectivity index (χ4v) is 3.74. The average molecular weight is 325 g/mol. The van der Waals surface area contributed by atoms with Gasteiger partial charge in [0.15, 0.2) is 0 Å². The highest BCUT2D eigenvalue weighted by atomic mass is 32.2. The molecule has 0 radical (unpaired) electrons. The molecule has 0 aliphatic carbocycles. The van der Waals surface area contributed by atoms with Gasteiger partial charge in [-0.05, 0) is 36.3 Å². The molecule has 0 saturated carbocycles. The number of carbonyl (C=O) groups is 1. The van der Waals surface area contributed by atoms with Gasteiger partial charge in [-0.2, -0.15) is 0 Å². The first kappa shape index (κ1) is 15.7. The second-order valence-corrected chi connectivity index (χ2v) is 6.70. The molecule has 1 atom stereocenters. The van der Waals surface area contributed by atoms with Crippen LogP contribution in [0.25, 0.3) is 6.08 Å². The molecule has 3 nitrogen and oxygen atoms in total. The number of hydrogen-bond acceptors (Lipinski definition) is 3. The summed E-state index contributed by atoms with van der Waals surface area (Å²) in [4.78, 5) is 15.1. The van der Waals surface area contributed by atoms with Crippen molar-refractivity contribution in [3.63, 3.8) is 0 Å². The lowest BCUT2D eigenvalue weighted by atomic mass is 10.1. The van der Waals surface area contributed by atoms with Gasteiger partial charge < -0.3 is 9.64 Å². The number of likely N-dealkylation sites (N-methyl/N-ethyl adjacent to an activating group) is 1. The zero-order valence-corrected chi connectivity index (χ0v) is 14.3. The second-order valence-electron chi connectivity index (χ2n) is 5.58. The van der Waals surface area contributed by atoms with Crippen molar-refractivity contribution in [3.8, 4) is 5.75 Å². The molecule has 1 saturated heterocycles. The molecule has 1 aliphatic rings. The van der Waals surface area contributed by atoms with Crippen molar-refractivity contribution in [2.75, 3.05) is 14.2 Å². The number of rotatable bonds is 3. The topological polar surface area (TPSA) is 29.5 Å². The number of nitrogens with zero attached hydrogens (tertiary/aromatic N) is 1. The van der Waals surface area contributed by atoms with Crippen molar-refractivity contribution in [1.29, 1.82) is 0 Å². The zero-order chi connectivity index (χ0) is 16.4. The number of carbonyl (C=O) groups excluding carboxylic acids is 1. The number of methoxy groups -OCH3 is 1. The lowest BCUT2D eigenvalue weighted by Gasteiger charge is -2.18. The van der Waals surface area contributed by atoms with Crippen molar-refractivity contribution < 1.29 is 9.53 Å². The average Bonchev–Trinajstić information content (AvgIpc) is 2.85. The maximum atomic E-state index is 12.5. The first-order valence-corrected chi connectivity index (χ1v) is 8.32. The van der Waals surface area contributed by atoms with Gasteiger partial charge >= 0.3 is 0 Å². The maximum Gasteiger partial charge on any atom is 0.261 e. The Morgan fingerprint density at radius 3 is 2.35 bits per heavy atom. The molecular weight excluding hydrogens is 306 g/mol. The number of hydrogen-bond donors (Lipinski definition) is 0. The molecule has 0 spiro atoms. The summed E-state index contributed by atoms with van der Waals surface area (Å²) in [6, 6.07) is 16.1. The van der Waals surface area contributed by atoms with Crippen LogP contribution in [-0.2, 0) is 4.79 Å². The molecule has 3 rings (SSSR count). The summed E-state index contributed by atoms with van der Waals surface area (Å²) in [7, 11) is 3.50. The summed E-state index contributed by atoms with van der Waals surface area (Å²) >= 11 is 1.60. The van der Waals surface area contributed by atoms with Crippen molar-refractivity contribution in [2.24, 2.45) is 0 Å². The van der Waals surface area contributed by atoms with E-state index in [1.54, 1.807) is 23.8 Å². The van der Waals surface area contributed by atoms with Gasteiger partial charge in [0.25, 0.3) is 5.91 Å². The molecule has 1 amide bonds. The summed E-state index contributed by atoms with van der Waals surface area (Å²) in [5.41, 5.74) is 3.37. The van der Waals surface area contributed by atoms with E-state index in [0.29, 0.717) is 0 Å². The van der Waals surface area contributed by atoms with Gasteiger partial charge in [0.05, 0.1) is 12.0 Å².